The Hall–Kier alpha value is -0.970. The van der Waals surface area contributed by atoms with Crippen molar-refractivity contribution in [1.82, 2.24) is 9.80 Å². The molecule has 23 heavy (non-hydrogen) atoms. The number of thiocarbonyl (C=S) groups is 1. The van der Waals surface area contributed by atoms with Crippen molar-refractivity contribution in [3.63, 3.8) is 0 Å². The minimum Gasteiger partial charge on any atom is -0.291 e. The topological polar surface area (TPSA) is 40.6 Å². The maximum absolute atomic E-state index is 12.2. The van der Waals surface area contributed by atoms with Crippen LogP contribution in [0, 0.1) is 5.92 Å². The summed E-state index contributed by atoms with van der Waals surface area (Å²) in [6, 6.07) is 0. The number of hydrogen-bond donors (Lipinski definition) is 0. The maximum atomic E-state index is 12.2. The lowest BCUT2D eigenvalue weighted by Gasteiger charge is -2.35. The third-order valence-electron chi connectivity index (χ3n) is 4.68. The molecule has 0 aromatic rings. The summed E-state index contributed by atoms with van der Waals surface area (Å²) in [7, 11) is 3.30. The number of unbranched alkanes of at least 4 members (excludes halogenated alkanes) is 9. The van der Waals surface area contributed by atoms with Gasteiger partial charge in [-0.2, -0.15) is 0 Å². The quantitative estimate of drug-likeness (QED) is 0.322. The van der Waals surface area contributed by atoms with Gasteiger partial charge in [-0.05, 0) is 18.6 Å². The molecule has 1 rings (SSSR count). The van der Waals surface area contributed by atoms with E-state index < -0.39 is 5.92 Å². The molecular formula is C18H32N2O2S. The van der Waals surface area contributed by atoms with Crippen LogP contribution in [0.25, 0.3) is 0 Å². The van der Waals surface area contributed by atoms with Crippen molar-refractivity contribution >= 4 is 29.1 Å². The molecule has 1 heterocycles. The van der Waals surface area contributed by atoms with Crippen LogP contribution < -0.4 is 0 Å². The van der Waals surface area contributed by atoms with Gasteiger partial charge in [-0.1, -0.05) is 71.1 Å². The van der Waals surface area contributed by atoms with Gasteiger partial charge in [-0.25, -0.2) is 0 Å². The van der Waals surface area contributed by atoms with Crippen LogP contribution in [0.4, 0.5) is 0 Å². The fraction of sp³-hybridized carbons (Fsp3) is 0.833. The summed E-state index contributed by atoms with van der Waals surface area (Å²) >= 11 is 5.09. The Morgan fingerprint density at radius 2 is 1.17 bits per heavy atom. The Morgan fingerprint density at radius 3 is 1.61 bits per heavy atom. The summed E-state index contributed by atoms with van der Waals surface area (Å²) in [4.78, 5) is 27.2. The van der Waals surface area contributed by atoms with Gasteiger partial charge in [0.05, 0.1) is 0 Å². The second-order valence-electron chi connectivity index (χ2n) is 6.60. The minimum absolute atomic E-state index is 0.144. The van der Waals surface area contributed by atoms with Gasteiger partial charge in [0.1, 0.15) is 5.92 Å². The lowest BCUT2D eigenvalue weighted by atomic mass is 9.96. The molecular weight excluding hydrogens is 308 g/mol. The highest BCUT2D eigenvalue weighted by atomic mass is 32.1. The highest BCUT2D eigenvalue weighted by molar-refractivity contribution is 7.80. The summed E-state index contributed by atoms with van der Waals surface area (Å²) in [6.45, 7) is 2.24. The van der Waals surface area contributed by atoms with Crippen LogP contribution in [0.3, 0.4) is 0 Å². The lowest BCUT2D eigenvalue weighted by molar-refractivity contribution is -0.145. The Kier molecular flexibility index (Phi) is 9.37. The Bertz CT molecular complexity index is 388. The molecule has 0 N–H and O–H groups in total. The van der Waals surface area contributed by atoms with Crippen molar-refractivity contribution in [2.24, 2.45) is 5.92 Å². The van der Waals surface area contributed by atoms with Crippen LogP contribution in [0.15, 0.2) is 0 Å². The van der Waals surface area contributed by atoms with Crippen molar-refractivity contribution in [3.05, 3.63) is 0 Å². The van der Waals surface area contributed by atoms with Gasteiger partial charge >= 0.3 is 0 Å². The van der Waals surface area contributed by atoms with Gasteiger partial charge in [-0.3, -0.25) is 19.4 Å². The molecule has 0 aromatic heterocycles. The number of amides is 2. The van der Waals surface area contributed by atoms with Gasteiger partial charge in [0, 0.05) is 14.1 Å². The molecule has 5 heteroatoms. The van der Waals surface area contributed by atoms with Gasteiger partial charge in [-0.15, -0.1) is 0 Å². The van der Waals surface area contributed by atoms with E-state index >= 15 is 0 Å². The normalized spacial score (nSPS) is 16.6. The molecule has 1 aliphatic rings. The first-order valence-corrected chi connectivity index (χ1v) is 9.50. The molecule has 0 atom stereocenters. The summed E-state index contributed by atoms with van der Waals surface area (Å²) in [5.41, 5.74) is 0. The van der Waals surface area contributed by atoms with Crippen LogP contribution in [-0.4, -0.2) is 40.8 Å². The second-order valence-corrected chi connectivity index (χ2v) is 6.97. The summed E-state index contributed by atoms with van der Waals surface area (Å²) in [5, 5.41) is 0.305. The molecule has 4 nitrogen and oxygen atoms in total. The molecule has 0 saturated carbocycles. The van der Waals surface area contributed by atoms with Crippen LogP contribution in [0.1, 0.15) is 77.6 Å². The molecule has 0 unspecified atom stereocenters. The van der Waals surface area contributed by atoms with Gasteiger partial charge in [0.2, 0.25) is 11.8 Å². The number of hydrogen-bond acceptors (Lipinski definition) is 3. The van der Waals surface area contributed by atoms with E-state index in [0.29, 0.717) is 11.5 Å². The highest BCUT2D eigenvalue weighted by Gasteiger charge is 2.39. The van der Waals surface area contributed by atoms with Crippen molar-refractivity contribution in [3.8, 4) is 0 Å². The standard InChI is InChI=1S/C18H32N2O2S/c1-4-5-6-7-8-9-10-11-12-13-14-15-16(21)19(2)18(23)20(3)17(15)22/h15H,4-14H2,1-3H3. The molecule has 0 aromatic carbocycles. The smallest absolute Gasteiger partial charge is 0.241 e. The van der Waals surface area contributed by atoms with E-state index in [2.05, 4.69) is 6.92 Å². The first-order chi connectivity index (χ1) is 11.0. The van der Waals surface area contributed by atoms with Crippen molar-refractivity contribution in [2.45, 2.75) is 77.6 Å². The predicted octanol–water partition coefficient (Wildman–Crippen LogP) is 4.13. The fourth-order valence-corrected chi connectivity index (χ4v) is 3.25. The van der Waals surface area contributed by atoms with E-state index in [9.17, 15) is 9.59 Å². The molecule has 0 spiro atoms. The number of nitrogens with zero attached hydrogens (tertiary/aromatic N) is 2. The Labute approximate surface area is 146 Å². The van der Waals surface area contributed by atoms with Crippen LogP contribution in [0.2, 0.25) is 0 Å². The fourth-order valence-electron chi connectivity index (χ4n) is 3.07. The molecule has 1 fully saturated rings. The average molecular weight is 341 g/mol. The third kappa shape index (κ3) is 6.21. The second kappa shape index (κ2) is 10.7. The van der Waals surface area contributed by atoms with Crippen molar-refractivity contribution in [2.75, 3.05) is 14.1 Å². The van der Waals surface area contributed by atoms with Gasteiger partial charge < -0.3 is 0 Å². The van der Waals surface area contributed by atoms with Gasteiger partial charge in [0.15, 0.2) is 5.11 Å². The monoisotopic (exact) mass is 340 g/mol. The van der Waals surface area contributed by atoms with E-state index in [0.717, 1.165) is 12.8 Å². The Balaban J connectivity index is 2.14. The Morgan fingerprint density at radius 1 is 0.783 bits per heavy atom. The van der Waals surface area contributed by atoms with Crippen LogP contribution >= 0.6 is 12.2 Å². The minimum atomic E-state index is -0.536. The van der Waals surface area contributed by atoms with Gasteiger partial charge in [0.25, 0.3) is 0 Å². The zero-order valence-corrected chi connectivity index (χ0v) is 15.8. The maximum Gasteiger partial charge on any atom is 0.241 e. The molecule has 1 saturated heterocycles. The molecule has 132 valence electrons. The summed E-state index contributed by atoms with van der Waals surface area (Å²) < 4.78 is 0. The number of carbonyl (C=O) groups excluding carboxylic acids is 2. The molecule has 0 aliphatic carbocycles. The molecule has 0 radical (unpaired) electrons. The first-order valence-electron chi connectivity index (χ1n) is 9.09. The van der Waals surface area contributed by atoms with E-state index in [1.54, 1.807) is 14.1 Å². The summed E-state index contributed by atoms with van der Waals surface area (Å²) in [5.74, 6) is -0.825. The number of rotatable bonds is 11. The van der Waals surface area contributed by atoms with E-state index in [4.69, 9.17) is 12.2 Å². The largest absolute Gasteiger partial charge is 0.291 e. The van der Waals surface area contributed by atoms with Crippen molar-refractivity contribution in [1.29, 1.82) is 0 Å². The van der Waals surface area contributed by atoms with E-state index in [-0.39, 0.29) is 11.8 Å². The molecule has 1 aliphatic heterocycles. The zero-order chi connectivity index (χ0) is 17.2. The SMILES string of the molecule is CCCCCCCCCCCCC1C(=O)N(C)C(=S)N(C)C1=O. The average Bonchev–Trinajstić information content (AvgIpc) is 2.55. The lowest BCUT2D eigenvalue weighted by Crippen LogP contribution is -2.56. The first kappa shape index (κ1) is 20.1. The molecule has 0 bridgehead atoms. The third-order valence-corrected chi connectivity index (χ3v) is 5.23. The van der Waals surface area contributed by atoms with Crippen molar-refractivity contribution < 1.29 is 9.59 Å². The predicted molar refractivity (Wildman–Crippen MR) is 98.1 cm³/mol. The highest BCUT2D eigenvalue weighted by Crippen LogP contribution is 2.21. The van der Waals surface area contributed by atoms with E-state index in [1.807, 2.05) is 0 Å². The number of carbonyl (C=O) groups is 2. The summed E-state index contributed by atoms with van der Waals surface area (Å²) in [6.07, 6.45) is 13.2. The van der Waals surface area contributed by atoms with E-state index in [1.165, 1.54) is 61.2 Å². The zero-order valence-electron chi connectivity index (χ0n) is 15.0. The van der Waals surface area contributed by atoms with Crippen LogP contribution in [-0.2, 0) is 9.59 Å². The molecule has 2 amide bonds. The van der Waals surface area contributed by atoms with Crippen LogP contribution in [0.5, 0.6) is 0 Å².